The minimum Gasteiger partial charge on any atom is -0.493 e. The van der Waals surface area contributed by atoms with Crippen LogP contribution < -0.4 is 14.8 Å². The van der Waals surface area contributed by atoms with Crippen LogP contribution in [-0.2, 0) is 4.79 Å². The van der Waals surface area contributed by atoms with Gasteiger partial charge in [0.1, 0.15) is 11.4 Å². The van der Waals surface area contributed by atoms with E-state index in [4.69, 9.17) is 9.47 Å². The highest BCUT2D eigenvalue weighted by Crippen LogP contribution is 2.52. The number of carbonyl (C=O) groups is 2. The van der Waals surface area contributed by atoms with Crippen LogP contribution in [-0.4, -0.2) is 48.8 Å². The Morgan fingerprint density at radius 3 is 2.70 bits per heavy atom. The molecule has 1 unspecified atom stereocenters. The fourth-order valence-electron chi connectivity index (χ4n) is 3.07. The largest absolute Gasteiger partial charge is 0.493 e. The molecule has 0 saturated carbocycles. The van der Waals surface area contributed by atoms with Gasteiger partial charge >= 0.3 is 0 Å². The van der Waals surface area contributed by atoms with Crippen LogP contribution in [0.1, 0.15) is 35.1 Å². The maximum absolute atomic E-state index is 12.9. The molecule has 1 aromatic rings. The van der Waals surface area contributed by atoms with Crippen molar-refractivity contribution in [2.75, 3.05) is 20.0 Å². The fraction of sp³-hybridized carbons (Fsp3) is 0.500. The molecule has 2 aliphatic heterocycles. The third-order valence-electron chi connectivity index (χ3n) is 4.03. The van der Waals surface area contributed by atoms with Crippen molar-refractivity contribution in [3.8, 4) is 11.5 Å². The number of hydrogen-bond donors (Lipinski definition) is 1. The van der Waals surface area contributed by atoms with Crippen LogP contribution in [0.15, 0.2) is 12.1 Å². The molecular formula is C16H20N2O4S. The van der Waals surface area contributed by atoms with Crippen LogP contribution in [0.2, 0.25) is 0 Å². The van der Waals surface area contributed by atoms with E-state index in [1.54, 1.807) is 29.8 Å². The average molecular weight is 336 g/mol. The summed E-state index contributed by atoms with van der Waals surface area (Å²) >= 11 is 1.60. The van der Waals surface area contributed by atoms with Crippen LogP contribution in [0.5, 0.6) is 11.5 Å². The summed E-state index contributed by atoms with van der Waals surface area (Å²) in [6, 6.07) is 3.27. The molecule has 1 saturated heterocycles. The van der Waals surface area contributed by atoms with Gasteiger partial charge in [-0.15, -0.1) is 11.8 Å². The molecule has 23 heavy (non-hydrogen) atoms. The van der Waals surface area contributed by atoms with Gasteiger partial charge in [0, 0.05) is 17.4 Å². The number of rotatable bonds is 4. The van der Waals surface area contributed by atoms with Gasteiger partial charge in [0.25, 0.3) is 5.91 Å². The molecular weight excluding hydrogens is 316 g/mol. The molecule has 6 nitrogen and oxygen atoms in total. The smallest absolute Gasteiger partial charge is 0.260 e. The topological polar surface area (TPSA) is 67.9 Å². The summed E-state index contributed by atoms with van der Waals surface area (Å²) < 4.78 is 10.7. The molecule has 1 N–H and O–H groups in total. The lowest BCUT2D eigenvalue weighted by molar-refractivity contribution is -0.125. The normalized spacial score (nSPS) is 22.1. The van der Waals surface area contributed by atoms with Gasteiger partial charge < -0.3 is 19.7 Å². The second-order valence-electron chi connectivity index (χ2n) is 5.84. The molecule has 2 amide bonds. The fourth-order valence-corrected chi connectivity index (χ4v) is 4.53. The number of ether oxygens (including phenoxy) is 2. The Morgan fingerprint density at radius 2 is 2.09 bits per heavy atom. The number of carbonyl (C=O) groups excluding carboxylic acids is 2. The van der Waals surface area contributed by atoms with Crippen molar-refractivity contribution in [1.29, 1.82) is 0 Å². The molecule has 1 fully saturated rings. The van der Waals surface area contributed by atoms with Gasteiger partial charge in [-0.25, -0.2) is 0 Å². The highest BCUT2D eigenvalue weighted by molar-refractivity contribution is 7.99. The quantitative estimate of drug-likeness (QED) is 0.908. The molecule has 1 aromatic carbocycles. The van der Waals surface area contributed by atoms with E-state index >= 15 is 0 Å². The number of nitrogens with one attached hydrogen (secondary N) is 1. The van der Waals surface area contributed by atoms with Gasteiger partial charge in [0.05, 0.1) is 19.8 Å². The predicted octanol–water partition coefficient (Wildman–Crippen LogP) is 1.80. The number of methoxy groups -OCH3 is 2. The van der Waals surface area contributed by atoms with Crippen LogP contribution >= 0.6 is 11.8 Å². The van der Waals surface area contributed by atoms with Gasteiger partial charge in [-0.05, 0) is 19.9 Å². The first-order valence-electron chi connectivity index (χ1n) is 7.49. The summed E-state index contributed by atoms with van der Waals surface area (Å²) in [5, 5.41) is 2.76. The summed E-state index contributed by atoms with van der Waals surface area (Å²) in [6.07, 6.45) is 0. The van der Waals surface area contributed by atoms with E-state index in [-0.39, 0.29) is 23.2 Å². The molecule has 2 aliphatic rings. The van der Waals surface area contributed by atoms with E-state index in [1.807, 2.05) is 19.9 Å². The van der Waals surface area contributed by atoms with Crippen molar-refractivity contribution in [2.24, 2.45) is 0 Å². The number of benzene rings is 1. The number of thioether (sulfide) groups is 1. The monoisotopic (exact) mass is 336 g/mol. The highest BCUT2D eigenvalue weighted by Gasteiger charge is 2.50. The molecule has 0 spiro atoms. The third-order valence-corrected chi connectivity index (χ3v) is 5.33. The van der Waals surface area contributed by atoms with E-state index in [9.17, 15) is 9.59 Å². The van der Waals surface area contributed by atoms with Crippen molar-refractivity contribution < 1.29 is 19.1 Å². The van der Waals surface area contributed by atoms with Gasteiger partial charge in [-0.1, -0.05) is 6.07 Å². The number of hydrogen-bond acceptors (Lipinski definition) is 5. The van der Waals surface area contributed by atoms with Crippen LogP contribution in [0.3, 0.4) is 0 Å². The van der Waals surface area contributed by atoms with Crippen LogP contribution in [0.4, 0.5) is 0 Å². The molecule has 3 rings (SSSR count). The zero-order valence-electron chi connectivity index (χ0n) is 13.6. The Labute approximate surface area is 139 Å². The molecule has 0 radical (unpaired) electrons. The number of amides is 2. The molecule has 2 atom stereocenters. The molecule has 0 bridgehead atoms. The van der Waals surface area contributed by atoms with Crippen molar-refractivity contribution in [3.63, 3.8) is 0 Å². The molecule has 2 heterocycles. The highest BCUT2D eigenvalue weighted by atomic mass is 32.2. The van der Waals surface area contributed by atoms with E-state index in [0.717, 1.165) is 5.56 Å². The first kappa shape index (κ1) is 16.0. The third kappa shape index (κ3) is 2.43. The summed E-state index contributed by atoms with van der Waals surface area (Å²) in [5.41, 5.74) is 1.39. The van der Waals surface area contributed by atoms with Crippen molar-refractivity contribution in [3.05, 3.63) is 23.3 Å². The standard InChI is InChI=1S/C16H20N2O4S/c1-8(2)17-14(19)10-7-23-16-9-5-6-11(21-3)13(22-4)12(9)15(20)18(10)16/h5-6,8,10,16H,7H2,1-4H3,(H,17,19)/t10-,16?/m0/s1. The van der Waals surface area contributed by atoms with E-state index in [1.165, 1.54) is 7.11 Å². The van der Waals surface area contributed by atoms with Gasteiger partial charge in [-0.3, -0.25) is 9.59 Å². The molecule has 7 heteroatoms. The second-order valence-corrected chi connectivity index (χ2v) is 6.96. The minimum atomic E-state index is -0.456. The minimum absolute atomic E-state index is 0.0428. The first-order chi connectivity index (χ1) is 11.0. The lowest BCUT2D eigenvalue weighted by Gasteiger charge is -2.23. The Morgan fingerprint density at radius 1 is 1.35 bits per heavy atom. The van der Waals surface area contributed by atoms with Crippen molar-refractivity contribution in [2.45, 2.75) is 31.3 Å². The summed E-state index contributed by atoms with van der Waals surface area (Å²) in [7, 11) is 3.06. The maximum atomic E-state index is 12.9. The SMILES string of the molecule is COc1ccc2c(c1OC)C(=O)N1C2SC[C@H]1C(=O)NC(C)C. The Kier molecular flexibility index (Phi) is 4.14. The average Bonchev–Trinajstić information content (AvgIpc) is 3.06. The second kappa shape index (κ2) is 5.96. The number of fused-ring (bicyclic) bond motifs is 3. The Balaban J connectivity index is 1.98. The maximum Gasteiger partial charge on any atom is 0.260 e. The van der Waals surface area contributed by atoms with E-state index in [2.05, 4.69) is 5.32 Å². The van der Waals surface area contributed by atoms with Gasteiger partial charge in [0.15, 0.2) is 11.5 Å². The zero-order valence-corrected chi connectivity index (χ0v) is 14.4. The van der Waals surface area contributed by atoms with Gasteiger partial charge in [0.2, 0.25) is 5.91 Å². The summed E-state index contributed by atoms with van der Waals surface area (Å²) in [6.45, 7) is 3.82. The van der Waals surface area contributed by atoms with Gasteiger partial charge in [-0.2, -0.15) is 0 Å². The lowest BCUT2D eigenvalue weighted by atomic mass is 10.1. The van der Waals surface area contributed by atoms with E-state index in [0.29, 0.717) is 22.8 Å². The van der Waals surface area contributed by atoms with Crippen molar-refractivity contribution in [1.82, 2.24) is 10.2 Å². The van der Waals surface area contributed by atoms with E-state index < -0.39 is 6.04 Å². The van der Waals surface area contributed by atoms with Crippen LogP contribution in [0, 0.1) is 0 Å². The Bertz CT molecular complexity index is 662. The first-order valence-corrected chi connectivity index (χ1v) is 8.54. The summed E-state index contributed by atoms with van der Waals surface area (Å²) in [4.78, 5) is 27.0. The predicted molar refractivity (Wildman–Crippen MR) is 88.0 cm³/mol. The van der Waals surface area contributed by atoms with Crippen molar-refractivity contribution >= 4 is 23.6 Å². The Hall–Kier alpha value is -1.89. The van der Waals surface area contributed by atoms with Crippen LogP contribution in [0.25, 0.3) is 0 Å². The molecule has 0 aliphatic carbocycles. The summed E-state index contributed by atoms with van der Waals surface area (Å²) in [5.74, 6) is 1.28. The number of nitrogens with zero attached hydrogens (tertiary/aromatic N) is 1. The molecule has 124 valence electrons. The zero-order chi connectivity index (χ0) is 16.7. The molecule has 0 aromatic heterocycles. The lowest BCUT2D eigenvalue weighted by Crippen LogP contribution is -2.47.